The highest BCUT2D eigenvalue weighted by atomic mass is 32.2. The number of pyridine rings is 1. The van der Waals surface area contributed by atoms with E-state index in [1.165, 1.54) is 36.4 Å². The zero-order chi connectivity index (χ0) is 23.8. The summed E-state index contributed by atoms with van der Waals surface area (Å²) in [6.45, 7) is 1.78. The van der Waals surface area contributed by atoms with E-state index >= 15 is 0 Å². The lowest BCUT2D eigenvalue weighted by atomic mass is 9.92. The smallest absolute Gasteiger partial charge is 0.325 e. The number of amides is 3. The van der Waals surface area contributed by atoms with Gasteiger partial charge in [0.1, 0.15) is 11.9 Å². The maximum atomic E-state index is 13.2. The largest absolute Gasteiger partial charge is 0.446 e. The maximum absolute atomic E-state index is 13.2. The standard InChI is InChI=1S/C23H17F4N3O2S/c1-13(15-10-11-28-19(12-15)14-2-4-16(24)5-3-14)20-21(31)30(22(32)29-20)17-6-8-18(9-7-17)33-23(25,26)27/h2-13,20H,1H3,(H,29,32). The maximum Gasteiger partial charge on any atom is 0.446 e. The highest BCUT2D eigenvalue weighted by Crippen LogP contribution is 2.38. The molecule has 10 heteroatoms. The monoisotopic (exact) mass is 475 g/mol. The Labute approximate surface area is 190 Å². The van der Waals surface area contributed by atoms with Crippen LogP contribution in [0.1, 0.15) is 18.4 Å². The summed E-state index contributed by atoms with van der Waals surface area (Å²) in [4.78, 5) is 30.7. The molecule has 1 fully saturated rings. The van der Waals surface area contributed by atoms with Crippen LogP contribution < -0.4 is 10.2 Å². The van der Waals surface area contributed by atoms with Gasteiger partial charge in [0.25, 0.3) is 5.91 Å². The number of hydrogen-bond donors (Lipinski definition) is 1. The summed E-state index contributed by atoms with van der Waals surface area (Å²) in [6.07, 6.45) is 1.57. The van der Waals surface area contributed by atoms with Gasteiger partial charge < -0.3 is 5.32 Å². The van der Waals surface area contributed by atoms with Crippen molar-refractivity contribution < 1.29 is 27.2 Å². The van der Waals surface area contributed by atoms with Gasteiger partial charge in [-0.1, -0.05) is 6.92 Å². The lowest BCUT2D eigenvalue weighted by molar-refractivity contribution is -0.118. The van der Waals surface area contributed by atoms with Crippen LogP contribution in [0.2, 0.25) is 0 Å². The molecule has 5 nitrogen and oxygen atoms in total. The van der Waals surface area contributed by atoms with Crippen LogP contribution in [-0.2, 0) is 4.79 Å². The number of carbonyl (C=O) groups is 2. The number of anilines is 1. The van der Waals surface area contributed by atoms with Crippen LogP contribution in [0.5, 0.6) is 0 Å². The minimum Gasteiger partial charge on any atom is -0.325 e. The molecule has 1 aliphatic rings. The molecule has 33 heavy (non-hydrogen) atoms. The van der Waals surface area contributed by atoms with Crippen LogP contribution >= 0.6 is 11.8 Å². The van der Waals surface area contributed by atoms with Crippen molar-refractivity contribution in [1.82, 2.24) is 10.3 Å². The van der Waals surface area contributed by atoms with E-state index in [4.69, 9.17) is 0 Å². The van der Waals surface area contributed by atoms with Crippen LogP contribution in [0.15, 0.2) is 71.8 Å². The number of nitrogens with one attached hydrogen (secondary N) is 1. The molecule has 1 aromatic heterocycles. The Morgan fingerprint density at radius 3 is 2.33 bits per heavy atom. The number of benzene rings is 2. The Morgan fingerprint density at radius 2 is 1.70 bits per heavy atom. The molecule has 4 rings (SSSR count). The Kier molecular flexibility index (Phi) is 6.11. The number of thioether (sulfide) groups is 1. The predicted molar refractivity (Wildman–Crippen MR) is 116 cm³/mol. The average molecular weight is 475 g/mol. The van der Waals surface area contributed by atoms with Gasteiger partial charge in [-0.3, -0.25) is 9.78 Å². The fraction of sp³-hybridized carbons (Fsp3) is 0.174. The lowest BCUT2D eigenvalue weighted by Gasteiger charge is -2.19. The minimum atomic E-state index is -4.43. The quantitative estimate of drug-likeness (QED) is 0.291. The Bertz CT molecular complexity index is 1180. The third-order valence-electron chi connectivity index (χ3n) is 5.25. The summed E-state index contributed by atoms with van der Waals surface area (Å²) in [6, 6.07) is 12.8. The van der Waals surface area contributed by atoms with Gasteiger partial charge in [-0.05, 0) is 78.0 Å². The number of hydrogen-bond acceptors (Lipinski definition) is 4. The fourth-order valence-corrected chi connectivity index (χ4v) is 4.12. The number of halogens is 4. The highest BCUT2D eigenvalue weighted by Gasteiger charge is 2.42. The summed E-state index contributed by atoms with van der Waals surface area (Å²) in [5, 5.41) is 2.65. The molecule has 3 aromatic rings. The van der Waals surface area contributed by atoms with Gasteiger partial charge in [-0.2, -0.15) is 13.2 Å². The topological polar surface area (TPSA) is 62.3 Å². The van der Waals surface area contributed by atoms with Crippen molar-refractivity contribution in [3.05, 3.63) is 78.2 Å². The third kappa shape index (κ3) is 5.00. The second-order valence-electron chi connectivity index (χ2n) is 7.41. The van der Waals surface area contributed by atoms with Gasteiger partial charge in [0.2, 0.25) is 0 Å². The molecule has 2 unspecified atom stereocenters. The zero-order valence-corrected chi connectivity index (χ0v) is 18.0. The molecular formula is C23H17F4N3O2S. The van der Waals surface area contributed by atoms with E-state index < -0.39 is 29.4 Å². The molecule has 0 spiro atoms. The number of imide groups is 1. The van der Waals surface area contributed by atoms with E-state index in [2.05, 4.69) is 10.3 Å². The van der Waals surface area contributed by atoms with Crippen molar-refractivity contribution in [2.75, 3.05) is 4.90 Å². The highest BCUT2D eigenvalue weighted by molar-refractivity contribution is 8.00. The Balaban J connectivity index is 1.54. The number of rotatable bonds is 5. The second kappa shape index (κ2) is 8.86. The van der Waals surface area contributed by atoms with Gasteiger partial charge in [-0.15, -0.1) is 0 Å². The van der Waals surface area contributed by atoms with Gasteiger partial charge >= 0.3 is 11.5 Å². The average Bonchev–Trinajstić information content (AvgIpc) is 3.07. The van der Waals surface area contributed by atoms with E-state index in [1.807, 2.05) is 0 Å². The second-order valence-corrected chi connectivity index (χ2v) is 8.55. The fourth-order valence-electron chi connectivity index (χ4n) is 3.58. The van der Waals surface area contributed by atoms with E-state index in [1.54, 1.807) is 37.4 Å². The molecule has 0 radical (unpaired) electrons. The molecule has 3 amide bonds. The summed E-state index contributed by atoms with van der Waals surface area (Å²) < 4.78 is 50.8. The predicted octanol–water partition coefficient (Wildman–Crippen LogP) is 5.73. The molecule has 0 bridgehead atoms. The Hall–Kier alpha value is -3.40. The van der Waals surface area contributed by atoms with Crippen molar-refractivity contribution in [3.63, 3.8) is 0 Å². The zero-order valence-electron chi connectivity index (χ0n) is 17.1. The number of carbonyl (C=O) groups excluding carboxylic acids is 2. The summed E-state index contributed by atoms with van der Waals surface area (Å²) in [7, 11) is 0. The molecule has 1 saturated heterocycles. The summed E-state index contributed by atoms with van der Waals surface area (Å²) in [5.74, 6) is -1.30. The molecular weight excluding hydrogens is 458 g/mol. The SMILES string of the molecule is CC(c1ccnc(-c2ccc(F)cc2)c1)C1NC(=O)N(c2ccc(SC(F)(F)F)cc2)C1=O. The molecule has 1 aliphatic heterocycles. The Morgan fingerprint density at radius 1 is 1.03 bits per heavy atom. The minimum absolute atomic E-state index is 0.0478. The molecule has 1 N–H and O–H groups in total. The molecule has 0 aliphatic carbocycles. The van der Waals surface area contributed by atoms with E-state index in [-0.39, 0.29) is 28.2 Å². The number of aromatic nitrogens is 1. The van der Waals surface area contributed by atoms with Gasteiger partial charge in [0, 0.05) is 22.6 Å². The molecule has 170 valence electrons. The lowest BCUT2D eigenvalue weighted by Crippen LogP contribution is -2.34. The van der Waals surface area contributed by atoms with E-state index in [0.29, 0.717) is 11.3 Å². The number of urea groups is 1. The summed E-state index contributed by atoms with van der Waals surface area (Å²) >= 11 is -0.274. The van der Waals surface area contributed by atoms with Crippen molar-refractivity contribution in [2.24, 2.45) is 0 Å². The van der Waals surface area contributed by atoms with Crippen molar-refractivity contribution in [3.8, 4) is 11.3 Å². The van der Waals surface area contributed by atoms with Crippen LogP contribution in [0, 0.1) is 5.82 Å². The molecule has 2 aromatic carbocycles. The van der Waals surface area contributed by atoms with Crippen molar-refractivity contribution in [1.29, 1.82) is 0 Å². The van der Waals surface area contributed by atoms with E-state index in [9.17, 15) is 27.2 Å². The summed E-state index contributed by atoms with van der Waals surface area (Å²) in [5.41, 5.74) is -2.22. The molecule has 2 atom stereocenters. The van der Waals surface area contributed by atoms with E-state index in [0.717, 1.165) is 10.5 Å². The van der Waals surface area contributed by atoms with Crippen LogP contribution in [0.3, 0.4) is 0 Å². The van der Waals surface area contributed by atoms with Crippen molar-refractivity contribution >= 4 is 29.4 Å². The number of alkyl halides is 3. The van der Waals surface area contributed by atoms with Crippen LogP contribution in [-0.4, -0.2) is 28.5 Å². The molecule has 2 heterocycles. The first kappa shape index (κ1) is 22.8. The van der Waals surface area contributed by atoms with Gasteiger partial charge in [0.15, 0.2) is 0 Å². The first-order chi connectivity index (χ1) is 15.6. The third-order valence-corrected chi connectivity index (χ3v) is 5.99. The first-order valence-electron chi connectivity index (χ1n) is 9.84. The van der Waals surface area contributed by atoms with Crippen molar-refractivity contribution in [2.45, 2.75) is 29.3 Å². The van der Waals surface area contributed by atoms with Crippen LogP contribution in [0.25, 0.3) is 11.3 Å². The van der Waals surface area contributed by atoms with Gasteiger partial charge in [-0.25, -0.2) is 14.1 Å². The normalized spacial score (nSPS) is 17.2. The molecule has 0 saturated carbocycles. The first-order valence-corrected chi connectivity index (χ1v) is 10.7. The number of nitrogens with zero attached hydrogens (tertiary/aromatic N) is 2. The van der Waals surface area contributed by atoms with Crippen LogP contribution in [0.4, 0.5) is 28.0 Å². The van der Waals surface area contributed by atoms with Gasteiger partial charge in [0.05, 0.1) is 11.4 Å².